The van der Waals surface area contributed by atoms with Gasteiger partial charge in [0.1, 0.15) is 13.2 Å². The van der Waals surface area contributed by atoms with Crippen molar-refractivity contribution in [1.29, 1.82) is 0 Å². The van der Waals surface area contributed by atoms with Gasteiger partial charge in [-0.3, -0.25) is 9.59 Å². The molecule has 35 heavy (non-hydrogen) atoms. The Balaban J connectivity index is 1.46. The summed E-state index contributed by atoms with van der Waals surface area (Å²) in [5.41, 5.74) is -0.645. The molecule has 182 valence electrons. The summed E-state index contributed by atoms with van der Waals surface area (Å²) in [6.45, 7) is 2.43. The first kappa shape index (κ1) is 22.9. The van der Waals surface area contributed by atoms with Crippen LogP contribution in [0.5, 0.6) is 11.5 Å². The van der Waals surface area contributed by atoms with Gasteiger partial charge in [0.05, 0.1) is 17.3 Å². The third kappa shape index (κ3) is 4.73. The minimum absolute atomic E-state index is 0.0944. The molecule has 1 N–H and O–H groups in total. The SMILES string of the molecule is Cc1cc(=O)c(C(=O)NC(c2ccc3c(c2)OCCO3)C2CC2)nn1-c1cccc(C(F)(F)F)c1. The molecule has 1 aliphatic carbocycles. The number of rotatable bonds is 5. The first-order valence-electron chi connectivity index (χ1n) is 11.2. The summed E-state index contributed by atoms with van der Waals surface area (Å²) < 4.78 is 51.9. The van der Waals surface area contributed by atoms with Gasteiger partial charge in [-0.2, -0.15) is 18.3 Å². The fraction of sp³-hybridized carbons (Fsp3) is 0.320. The van der Waals surface area contributed by atoms with E-state index in [9.17, 15) is 22.8 Å². The van der Waals surface area contributed by atoms with E-state index in [1.807, 2.05) is 12.1 Å². The number of halogens is 3. The maximum Gasteiger partial charge on any atom is 0.416 e. The van der Waals surface area contributed by atoms with E-state index in [2.05, 4.69) is 10.4 Å². The van der Waals surface area contributed by atoms with Crippen molar-refractivity contribution >= 4 is 5.91 Å². The lowest BCUT2D eigenvalue weighted by Gasteiger charge is -2.23. The number of ether oxygens (including phenoxy) is 2. The molecular formula is C25H22F3N3O4. The molecule has 1 unspecified atom stereocenters. The van der Waals surface area contributed by atoms with Gasteiger partial charge in [0.25, 0.3) is 5.91 Å². The number of fused-ring (bicyclic) bond motifs is 1. The van der Waals surface area contributed by atoms with Crippen molar-refractivity contribution in [3.05, 3.63) is 81.3 Å². The smallest absolute Gasteiger partial charge is 0.416 e. The Morgan fingerprint density at radius 1 is 1.09 bits per heavy atom. The van der Waals surface area contributed by atoms with E-state index < -0.39 is 28.8 Å². The van der Waals surface area contributed by atoms with Gasteiger partial charge in [-0.15, -0.1) is 0 Å². The molecule has 1 atom stereocenters. The number of benzene rings is 2. The van der Waals surface area contributed by atoms with E-state index in [-0.39, 0.29) is 17.6 Å². The summed E-state index contributed by atoms with van der Waals surface area (Å²) in [4.78, 5) is 25.8. The summed E-state index contributed by atoms with van der Waals surface area (Å²) in [6, 6.07) is 10.8. The third-order valence-electron chi connectivity index (χ3n) is 6.05. The highest BCUT2D eigenvalue weighted by molar-refractivity contribution is 5.92. The molecule has 1 amide bonds. The average molecular weight is 485 g/mol. The lowest BCUT2D eigenvalue weighted by atomic mass is 10.0. The molecular weight excluding hydrogens is 463 g/mol. The van der Waals surface area contributed by atoms with E-state index in [1.54, 1.807) is 13.0 Å². The van der Waals surface area contributed by atoms with Gasteiger partial charge in [0, 0.05) is 11.8 Å². The second-order valence-electron chi connectivity index (χ2n) is 8.65. The lowest BCUT2D eigenvalue weighted by Crippen LogP contribution is -2.35. The number of carbonyl (C=O) groups excluding carboxylic acids is 1. The zero-order valence-electron chi connectivity index (χ0n) is 18.8. The van der Waals surface area contributed by atoms with Gasteiger partial charge >= 0.3 is 6.18 Å². The zero-order valence-corrected chi connectivity index (χ0v) is 18.8. The highest BCUT2D eigenvalue weighted by Crippen LogP contribution is 2.43. The number of aryl methyl sites for hydroxylation is 1. The van der Waals surface area contributed by atoms with Crippen LogP contribution in [0.1, 0.15) is 46.2 Å². The van der Waals surface area contributed by atoms with Crippen LogP contribution in [0.2, 0.25) is 0 Å². The Kier molecular flexibility index (Phi) is 5.74. The number of hydrogen-bond donors (Lipinski definition) is 1. The third-order valence-corrected chi connectivity index (χ3v) is 6.05. The molecule has 0 spiro atoms. The molecule has 10 heteroatoms. The molecule has 3 aromatic rings. The maximum atomic E-state index is 13.2. The molecule has 1 fully saturated rings. The first-order valence-corrected chi connectivity index (χ1v) is 11.2. The lowest BCUT2D eigenvalue weighted by molar-refractivity contribution is -0.137. The topological polar surface area (TPSA) is 82.5 Å². The molecule has 1 aromatic heterocycles. The van der Waals surface area contributed by atoms with Gasteiger partial charge in [-0.25, -0.2) is 4.68 Å². The quantitative estimate of drug-likeness (QED) is 0.586. The molecule has 2 aliphatic rings. The zero-order chi connectivity index (χ0) is 24.7. The van der Waals surface area contributed by atoms with Crippen molar-refractivity contribution in [1.82, 2.24) is 15.1 Å². The Morgan fingerprint density at radius 2 is 1.83 bits per heavy atom. The van der Waals surface area contributed by atoms with Crippen LogP contribution in [0.3, 0.4) is 0 Å². The number of carbonyl (C=O) groups is 1. The summed E-state index contributed by atoms with van der Waals surface area (Å²) in [6.07, 6.45) is -2.71. The summed E-state index contributed by atoms with van der Waals surface area (Å²) in [7, 11) is 0. The first-order chi connectivity index (χ1) is 16.7. The number of alkyl halides is 3. The molecule has 1 saturated carbocycles. The molecule has 2 aromatic carbocycles. The van der Waals surface area contributed by atoms with Crippen molar-refractivity contribution in [2.24, 2.45) is 5.92 Å². The van der Waals surface area contributed by atoms with Gasteiger partial charge in [-0.1, -0.05) is 12.1 Å². The largest absolute Gasteiger partial charge is 0.486 e. The molecule has 0 bridgehead atoms. The van der Waals surface area contributed by atoms with Crippen molar-refractivity contribution in [3.8, 4) is 17.2 Å². The fourth-order valence-electron chi connectivity index (χ4n) is 4.15. The molecule has 5 rings (SSSR count). The number of hydrogen-bond acceptors (Lipinski definition) is 5. The minimum Gasteiger partial charge on any atom is -0.486 e. The fourth-order valence-corrected chi connectivity index (χ4v) is 4.15. The van der Waals surface area contributed by atoms with Crippen molar-refractivity contribution in [3.63, 3.8) is 0 Å². The molecule has 2 heterocycles. The highest BCUT2D eigenvalue weighted by atomic mass is 19.4. The van der Waals surface area contributed by atoms with Gasteiger partial charge in [-0.05, 0) is 61.6 Å². The Morgan fingerprint density at radius 3 is 2.54 bits per heavy atom. The number of amides is 1. The van der Waals surface area contributed by atoms with Crippen LogP contribution in [-0.4, -0.2) is 28.9 Å². The maximum absolute atomic E-state index is 13.2. The van der Waals surface area contributed by atoms with Crippen molar-refractivity contribution < 1.29 is 27.4 Å². The van der Waals surface area contributed by atoms with Crippen LogP contribution in [0.25, 0.3) is 5.69 Å². The molecule has 1 aliphatic heterocycles. The van der Waals surface area contributed by atoms with Gasteiger partial charge in [0.2, 0.25) is 5.43 Å². The van der Waals surface area contributed by atoms with Crippen LogP contribution in [0.15, 0.2) is 53.3 Å². The summed E-state index contributed by atoms with van der Waals surface area (Å²) in [5.74, 6) is 0.722. The normalized spacial score (nSPS) is 16.0. The van der Waals surface area contributed by atoms with E-state index in [0.717, 1.165) is 30.5 Å². The van der Waals surface area contributed by atoms with Crippen LogP contribution in [0, 0.1) is 12.8 Å². The monoisotopic (exact) mass is 485 g/mol. The van der Waals surface area contributed by atoms with Gasteiger partial charge < -0.3 is 14.8 Å². The Bertz CT molecular complexity index is 1350. The van der Waals surface area contributed by atoms with E-state index in [0.29, 0.717) is 30.4 Å². The van der Waals surface area contributed by atoms with Crippen LogP contribution in [-0.2, 0) is 6.18 Å². The predicted octanol–water partition coefficient (Wildman–Crippen LogP) is 4.21. The summed E-state index contributed by atoms with van der Waals surface area (Å²) >= 11 is 0. The minimum atomic E-state index is -4.54. The van der Waals surface area contributed by atoms with E-state index in [4.69, 9.17) is 9.47 Å². The molecule has 0 radical (unpaired) electrons. The number of aromatic nitrogens is 2. The molecule has 0 saturated heterocycles. The number of nitrogens with one attached hydrogen (secondary N) is 1. The van der Waals surface area contributed by atoms with E-state index in [1.165, 1.54) is 22.9 Å². The van der Waals surface area contributed by atoms with Gasteiger partial charge in [0.15, 0.2) is 17.2 Å². The predicted molar refractivity (Wildman–Crippen MR) is 120 cm³/mol. The van der Waals surface area contributed by atoms with E-state index >= 15 is 0 Å². The average Bonchev–Trinajstić information content (AvgIpc) is 3.67. The van der Waals surface area contributed by atoms with Crippen molar-refractivity contribution in [2.75, 3.05) is 13.2 Å². The Hall–Kier alpha value is -3.82. The second kappa shape index (κ2) is 8.75. The molecule has 7 nitrogen and oxygen atoms in total. The number of nitrogens with zero attached hydrogens (tertiary/aromatic N) is 2. The Labute approximate surface area is 198 Å². The highest BCUT2D eigenvalue weighted by Gasteiger charge is 2.35. The van der Waals surface area contributed by atoms with Crippen LogP contribution >= 0.6 is 0 Å². The standard InChI is InChI=1S/C25H22F3N3O4/c1-14-11-19(32)23(30-31(14)18-4-2-3-17(13-18)25(26,27)28)24(33)29-22(15-5-6-15)16-7-8-20-21(12-16)35-10-9-34-20/h2-4,7-8,11-13,15,22H,5-6,9-10H2,1H3,(H,29,33). The van der Waals surface area contributed by atoms with Crippen LogP contribution < -0.4 is 20.2 Å². The second-order valence-corrected chi connectivity index (χ2v) is 8.65. The van der Waals surface area contributed by atoms with Crippen molar-refractivity contribution in [2.45, 2.75) is 32.0 Å². The van der Waals surface area contributed by atoms with Crippen LogP contribution in [0.4, 0.5) is 13.2 Å². The summed E-state index contributed by atoms with van der Waals surface area (Å²) in [5, 5.41) is 7.04.